The van der Waals surface area contributed by atoms with Crippen LogP contribution in [-0.2, 0) is 23.8 Å². The highest BCUT2D eigenvalue weighted by Crippen LogP contribution is 2.20. The summed E-state index contributed by atoms with van der Waals surface area (Å²) in [6.45, 7) is 1.14. The van der Waals surface area contributed by atoms with Crippen LogP contribution in [0.25, 0.3) is 0 Å². The van der Waals surface area contributed by atoms with Gasteiger partial charge in [0.1, 0.15) is 0 Å². The molecular weight excluding hydrogens is 220 g/mol. The maximum atomic E-state index is 11.4. The third-order valence-corrected chi connectivity index (χ3v) is 4.21. The van der Waals surface area contributed by atoms with Crippen LogP contribution in [0.1, 0.15) is 0 Å². The molecule has 1 aliphatic heterocycles. The summed E-state index contributed by atoms with van der Waals surface area (Å²) in [7, 11) is 2.12. The van der Waals surface area contributed by atoms with Gasteiger partial charge in [0.15, 0.2) is 4.86 Å². The third kappa shape index (κ3) is 3.04. The smallest absolute Gasteiger partial charge is 0.351 e. The normalized spacial score (nSPS) is 16.9. The lowest BCUT2D eigenvalue weighted by molar-refractivity contribution is -0.137. The Morgan fingerprint density at radius 3 is 1.93 bits per heavy atom. The second kappa shape index (κ2) is 5.87. The molecule has 5 nitrogen and oxygen atoms in total. The molecule has 0 atom stereocenters. The fourth-order valence-corrected chi connectivity index (χ4v) is 3.12. The van der Waals surface area contributed by atoms with Gasteiger partial charge in [0.05, 0.1) is 27.4 Å². The lowest BCUT2D eigenvalue weighted by Gasteiger charge is -2.18. The van der Waals surface area contributed by atoms with Crippen molar-refractivity contribution in [2.45, 2.75) is 0 Å². The molecule has 0 spiro atoms. The molecule has 0 aliphatic carbocycles. The first-order valence-electron chi connectivity index (χ1n) is 4.49. The van der Waals surface area contributed by atoms with Crippen LogP contribution in [0.4, 0.5) is 0 Å². The Morgan fingerprint density at radius 1 is 1.07 bits per heavy atom. The first-order chi connectivity index (χ1) is 7.20. The molecule has 0 N–H and O–H groups in total. The zero-order valence-corrected chi connectivity index (χ0v) is 9.59. The number of ether oxygens (including phenoxy) is 3. The largest absolute Gasteiger partial charge is 0.465 e. The van der Waals surface area contributed by atoms with Crippen molar-refractivity contribution in [3.8, 4) is 0 Å². The molecule has 0 unspecified atom stereocenters. The van der Waals surface area contributed by atoms with Crippen LogP contribution < -0.4 is 0 Å². The standard InChI is InChI=1S/C9H14O5S/c1-12-8(10)7(9(11)13-2)15-5-3-14-4-6-15/h3-6H2,1-2H3. The Kier molecular flexibility index (Phi) is 4.77. The van der Waals surface area contributed by atoms with Crippen LogP contribution >= 0.6 is 10.5 Å². The lowest BCUT2D eigenvalue weighted by atomic mass is 10.4. The van der Waals surface area contributed by atoms with E-state index in [1.54, 1.807) is 0 Å². The van der Waals surface area contributed by atoms with Crippen LogP contribution in [0.5, 0.6) is 0 Å². The van der Waals surface area contributed by atoms with Gasteiger partial charge in [0.25, 0.3) is 0 Å². The van der Waals surface area contributed by atoms with E-state index in [0.717, 1.165) is 0 Å². The Hall–Kier alpha value is -0.880. The van der Waals surface area contributed by atoms with Crippen LogP contribution in [0.2, 0.25) is 0 Å². The first kappa shape index (κ1) is 12.2. The maximum absolute atomic E-state index is 11.4. The number of carbonyl (C=O) groups excluding carboxylic acids is 2. The summed E-state index contributed by atoms with van der Waals surface area (Å²) in [6, 6.07) is 0. The Balaban J connectivity index is 2.96. The van der Waals surface area contributed by atoms with Crippen molar-refractivity contribution >= 4 is 27.3 Å². The Bertz CT molecular complexity index is 271. The van der Waals surface area contributed by atoms with Crippen molar-refractivity contribution in [1.29, 1.82) is 0 Å². The van der Waals surface area contributed by atoms with E-state index in [4.69, 9.17) is 4.74 Å². The second-order valence-corrected chi connectivity index (χ2v) is 5.04. The van der Waals surface area contributed by atoms with E-state index in [0.29, 0.717) is 24.7 Å². The molecule has 0 aromatic heterocycles. The van der Waals surface area contributed by atoms with E-state index in [2.05, 4.69) is 9.47 Å². The number of rotatable bonds is 2. The highest BCUT2D eigenvalue weighted by atomic mass is 32.2. The number of methoxy groups -OCH3 is 2. The van der Waals surface area contributed by atoms with Gasteiger partial charge in [-0.25, -0.2) is 9.59 Å². The molecule has 1 fully saturated rings. The highest BCUT2D eigenvalue weighted by molar-refractivity contribution is 8.18. The minimum Gasteiger partial charge on any atom is -0.465 e. The molecule has 1 saturated heterocycles. The number of hydrogen-bond donors (Lipinski definition) is 0. The molecule has 1 aliphatic rings. The van der Waals surface area contributed by atoms with Gasteiger partial charge in [-0.3, -0.25) is 0 Å². The monoisotopic (exact) mass is 234 g/mol. The molecule has 86 valence electrons. The summed E-state index contributed by atoms with van der Waals surface area (Å²) in [6.07, 6.45) is 0. The van der Waals surface area contributed by atoms with Crippen molar-refractivity contribution in [3.05, 3.63) is 0 Å². The van der Waals surface area contributed by atoms with Crippen LogP contribution in [-0.4, -0.2) is 55.7 Å². The quantitative estimate of drug-likeness (QED) is 0.376. The van der Waals surface area contributed by atoms with E-state index < -0.39 is 22.4 Å². The molecule has 0 saturated carbocycles. The van der Waals surface area contributed by atoms with Crippen LogP contribution in [0, 0.1) is 0 Å². The van der Waals surface area contributed by atoms with Gasteiger partial charge in [0, 0.05) is 11.5 Å². The number of esters is 2. The fourth-order valence-electron chi connectivity index (χ4n) is 1.23. The topological polar surface area (TPSA) is 61.8 Å². The zero-order chi connectivity index (χ0) is 11.3. The molecule has 0 amide bonds. The predicted octanol–water partition coefficient (Wildman–Crippen LogP) is -0.196. The molecule has 0 bridgehead atoms. The lowest BCUT2D eigenvalue weighted by Crippen LogP contribution is -2.30. The van der Waals surface area contributed by atoms with Gasteiger partial charge in [-0.1, -0.05) is 0 Å². The SMILES string of the molecule is COC(=O)C(C(=O)OC)=S1CCOCC1. The summed E-state index contributed by atoms with van der Waals surface area (Å²) in [4.78, 5) is 23.0. The molecule has 1 rings (SSSR count). The number of hydrogen-bond acceptors (Lipinski definition) is 5. The molecule has 0 aromatic carbocycles. The fraction of sp³-hybridized carbons (Fsp3) is 0.667. The van der Waals surface area contributed by atoms with E-state index in [-0.39, 0.29) is 4.86 Å². The van der Waals surface area contributed by atoms with Gasteiger partial charge >= 0.3 is 11.9 Å². The summed E-state index contributed by atoms with van der Waals surface area (Å²) in [5.41, 5.74) is 0. The Morgan fingerprint density at radius 2 is 1.53 bits per heavy atom. The van der Waals surface area contributed by atoms with E-state index >= 15 is 0 Å². The van der Waals surface area contributed by atoms with Crippen LogP contribution in [0.3, 0.4) is 0 Å². The van der Waals surface area contributed by atoms with Crippen molar-refractivity contribution in [3.63, 3.8) is 0 Å². The van der Waals surface area contributed by atoms with Crippen LogP contribution in [0.15, 0.2) is 0 Å². The van der Waals surface area contributed by atoms with Crippen molar-refractivity contribution in [1.82, 2.24) is 0 Å². The zero-order valence-electron chi connectivity index (χ0n) is 8.78. The summed E-state index contributed by atoms with van der Waals surface area (Å²) in [5, 5.41) is 0. The van der Waals surface area contributed by atoms with Gasteiger partial charge in [-0.15, -0.1) is 0 Å². The molecule has 1 heterocycles. The van der Waals surface area contributed by atoms with Crippen molar-refractivity contribution in [2.75, 3.05) is 38.9 Å². The maximum Gasteiger partial charge on any atom is 0.351 e. The molecular formula is C9H14O5S. The molecule has 15 heavy (non-hydrogen) atoms. The van der Waals surface area contributed by atoms with E-state index in [1.165, 1.54) is 14.2 Å². The van der Waals surface area contributed by atoms with Crippen molar-refractivity contribution in [2.24, 2.45) is 0 Å². The summed E-state index contributed by atoms with van der Waals surface area (Å²) < 4.78 is 14.3. The average Bonchev–Trinajstić information content (AvgIpc) is 2.30. The summed E-state index contributed by atoms with van der Waals surface area (Å²) in [5.74, 6) is 0.179. The van der Waals surface area contributed by atoms with Crippen molar-refractivity contribution < 1.29 is 23.8 Å². The minimum atomic E-state index is -0.591. The predicted molar refractivity (Wildman–Crippen MR) is 57.2 cm³/mol. The molecule has 0 radical (unpaired) electrons. The minimum absolute atomic E-state index is 0.128. The van der Waals surface area contributed by atoms with Gasteiger partial charge in [-0.2, -0.15) is 10.5 Å². The Labute approximate surface area is 90.6 Å². The van der Waals surface area contributed by atoms with E-state index in [1.807, 2.05) is 0 Å². The number of carbonyl (C=O) groups is 2. The highest BCUT2D eigenvalue weighted by Gasteiger charge is 2.25. The van der Waals surface area contributed by atoms with Gasteiger partial charge in [-0.05, 0) is 0 Å². The van der Waals surface area contributed by atoms with Gasteiger partial charge < -0.3 is 14.2 Å². The van der Waals surface area contributed by atoms with E-state index in [9.17, 15) is 9.59 Å². The third-order valence-electron chi connectivity index (χ3n) is 1.98. The summed E-state index contributed by atoms with van der Waals surface area (Å²) >= 11 is 0. The second-order valence-electron chi connectivity index (χ2n) is 2.83. The first-order valence-corrected chi connectivity index (χ1v) is 6.05. The average molecular weight is 234 g/mol. The van der Waals surface area contributed by atoms with Gasteiger partial charge in [0.2, 0.25) is 0 Å². The molecule has 0 aromatic rings. The molecule has 6 heteroatoms.